The summed E-state index contributed by atoms with van der Waals surface area (Å²) in [6, 6.07) is 6.80. The lowest BCUT2D eigenvalue weighted by Crippen LogP contribution is -2.48. The van der Waals surface area contributed by atoms with Crippen molar-refractivity contribution >= 4 is 23.7 Å². The van der Waals surface area contributed by atoms with E-state index in [0.29, 0.717) is 19.4 Å². The molecule has 0 spiro atoms. The number of ether oxygens (including phenoxy) is 1. The zero-order chi connectivity index (χ0) is 22.2. The summed E-state index contributed by atoms with van der Waals surface area (Å²) >= 11 is 0. The summed E-state index contributed by atoms with van der Waals surface area (Å²) in [7, 11) is 1.32. The molecule has 7 heteroatoms. The standard InChI is InChI=1S/C24H30N2O5/c1-16-8-3-6-11-18(16)24(14-20(27)25-13-7-12-19(25)22(29)31-2)15-21(28)26(23(24)30)17-9-4-5-10-17/h3,6,8,11,17,19H,4-5,7,9-10,12-15H2,1-2H3/t19-,24+/m0/s1. The van der Waals surface area contributed by atoms with Gasteiger partial charge in [0, 0.05) is 25.4 Å². The maximum Gasteiger partial charge on any atom is 0.328 e. The van der Waals surface area contributed by atoms with Crippen molar-refractivity contribution in [2.75, 3.05) is 13.7 Å². The van der Waals surface area contributed by atoms with Crippen LogP contribution in [-0.2, 0) is 29.3 Å². The lowest BCUT2D eigenvalue weighted by Gasteiger charge is -2.32. The molecule has 2 aliphatic heterocycles. The zero-order valence-electron chi connectivity index (χ0n) is 18.3. The number of nitrogens with zero attached hydrogens (tertiary/aromatic N) is 2. The van der Waals surface area contributed by atoms with Crippen molar-refractivity contribution in [2.24, 2.45) is 0 Å². The molecule has 2 atom stereocenters. The fourth-order valence-corrected chi connectivity index (χ4v) is 5.65. The molecule has 31 heavy (non-hydrogen) atoms. The number of methoxy groups -OCH3 is 1. The van der Waals surface area contributed by atoms with E-state index in [1.165, 1.54) is 16.9 Å². The third-order valence-electron chi connectivity index (χ3n) is 7.20. The molecule has 0 unspecified atom stereocenters. The third kappa shape index (κ3) is 3.64. The van der Waals surface area contributed by atoms with Gasteiger partial charge in [0.25, 0.3) is 0 Å². The fourth-order valence-electron chi connectivity index (χ4n) is 5.65. The molecule has 0 radical (unpaired) electrons. The summed E-state index contributed by atoms with van der Waals surface area (Å²) in [5, 5.41) is 0. The normalized spacial score (nSPS) is 26.7. The number of esters is 1. The molecule has 1 aliphatic carbocycles. The second-order valence-electron chi connectivity index (χ2n) is 9.03. The van der Waals surface area contributed by atoms with Crippen LogP contribution in [0.5, 0.6) is 0 Å². The summed E-state index contributed by atoms with van der Waals surface area (Å²) < 4.78 is 4.87. The number of rotatable bonds is 5. The molecule has 3 aliphatic rings. The smallest absolute Gasteiger partial charge is 0.328 e. The Hall–Kier alpha value is -2.70. The molecular weight excluding hydrogens is 396 g/mol. The molecule has 7 nitrogen and oxygen atoms in total. The van der Waals surface area contributed by atoms with Crippen molar-refractivity contribution in [3.8, 4) is 0 Å². The highest BCUT2D eigenvalue weighted by molar-refractivity contribution is 6.11. The number of hydrogen-bond donors (Lipinski definition) is 0. The summed E-state index contributed by atoms with van der Waals surface area (Å²) in [6.07, 6.45) is 4.81. The highest BCUT2D eigenvalue weighted by Gasteiger charge is 2.56. The van der Waals surface area contributed by atoms with Crippen molar-refractivity contribution in [2.45, 2.75) is 75.8 Å². The molecular formula is C24H30N2O5. The summed E-state index contributed by atoms with van der Waals surface area (Å²) in [5.41, 5.74) is 0.400. The van der Waals surface area contributed by atoms with E-state index in [1.807, 2.05) is 31.2 Å². The van der Waals surface area contributed by atoms with Gasteiger partial charge >= 0.3 is 5.97 Å². The number of carbonyl (C=O) groups is 4. The van der Waals surface area contributed by atoms with Crippen LogP contribution in [0.3, 0.4) is 0 Å². The van der Waals surface area contributed by atoms with Crippen LogP contribution in [0.25, 0.3) is 0 Å². The van der Waals surface area contributed by atoms with Crippen LogP contribution in [0, 0.1) is 6.92 Å². The topological polar surface area (TPSA) is 84.0 Å². The van der Waals surface area contributed by atoms with Crippen LogP contribution in [0.15, 0.2) is 24.3 Å². The Morgan fingerprint density at radius 3 is 2.48 bits per heavy atom. The van der Waals surface area contributed by atoms with E-state index in [2.05, 4.69) is 0 Å². The maximum absolute atomic E-state index is 13.8. The Morgan fingerprint density at radius 2 is 1.81 bits per heavy atom. The Morgan fingerprint density at radius 1 is 1.10 bits per heavy atom. The number of amides is 3. The Bertz CT molecular complexity index is 907. The van der Waals surface area contributed by atoms with Gasteiger partial charge in [0.2, 0.25) is 17.7 Å². The van der Waals surface area contributed by atoms with Crippen LogP contribution < -0.4 is 0 Å². The van der Waals surface area contributed by atoms with E-state index in [0.717, 1.165) is 36.8 Å². The van der Waals surface area contributed by atoms with Gasteiger partial charge in [-0.3, -0.25) is 19.3 Å². The Labute approximate surface area is 182 Å². The molecule has 4 rings (SSSR count). The van der Waals surface area contributed by atoms with Crippen LogP contribution in [0.2, 0.25) is 0 Å². The van der Waals surface area contributed by atoms with E-state index >= 15 is 0 Å². The van der Waals surface area contributed by atoms with Crippen molar-refractivity contribution in [3.63, 3.8) is 0 Å². The zero-order valence-corrected chi connectivity index (χ0v) is 18.3. The average molecular weight is 427 g/mol. The molecule has 2 heterocycles. The van der Waals surface area contributed by atoms with Gasteiger partial charge in [-0.15, -0.1) is 0 Å². The average Bonchev–Trinajstić information content (AvgIpc) is 3.49. The van der Waals surface area contributed by atoms with Crippen LogP contribution in [0.1, 0.15) is 62.5 Å². The number of likely N-dealkylation sites (tertiary alicyclic amines) is 2. The summed E-state index contributed by atoms with van der Waals surface area (Å²) in [5.74, 6) is -1.16. The number of imide groups is 1. The van der Waals surface area contributed by atoms with Gasteiger partial charge in [0.05, 0.1) is 12.5 Å². The number of benzene rings is 1. The van der Waals surface area contributed by atoms with E-state index < -0.39 is 17.4 Å². The Kier molecular flexibility index (Phi) is 5.86. The largest absolute Gasteiger partial charge is 0.467 e. The van der Waals surface area contributed by atoms with E-state index in [1.54, 1.807) is 0 Å². The van der Waals surface area contributed by atoms with Gasteiger partial charge in [-0.1, -0.05) is 37.1 Å². The van der Waals surface area contributed by atoms with Gasteiger partial charge in [-0.05, 0) is 43.7 Å². The molecule has 3 amide bonds. The molecule has 1 aromatic carbocycles. The third-order valence-corrected chi connectivity index (χ3v) is 7.20. The van der Waals surface area contributed by atoms with Crippen LogP contribution in [-0.4, -0.2) is 59.2 Å². The second kappa shape index (κ2) is 8.44. The SMILES string of the molecule is COC(=O)[C@@H]1CCCN1C(=O)C[C@]1(c2ccccc2C)CC(=O)N(C2CCCC2)C1=O. The molecule has 3 fully saturated rings. The quantitative estimate of drug-likeness (QED) is 0.534. The monoisotopic (exact) mass is 426 g/mol. The predicted octanol–water partition coefficient (Wildman–Crippen LogP) is 2.49. The summed E-state index contributed by atoms with van der Waals surface area (Å²) in [6.45, 7) is 2.36. The van der Waals surface area contributed by atoms with Gasteiger partial charge in [0.15, 0.2) is 0 Å². The molecule has 0 bridgehead atoms. The first-order valence-electron chi connectivity index (χ1n) is 11.2. The van der Waals surface area contributed by atoms with Crippen molar-refractivity contribution in [1.82, 2.24) is 9.80 Å². The molecule has 1 saturated carbocycles. The molecule has 166 valence electrons. The van der Waals surface area contributed by atoms with E-state index in [9.17, 15) is 19.2 Å². The van der Waals surface area contributed by atoms with E-state index in [4.69, 9.17) is 4.74 Å². The van der Waals surface area contributed by atoms with Crippen LogP contribution >= 0.6 is 0 Å². The minimum atomic E-state index is -1.22. The van der Waals surface area contributed by atoms with Crippen molar-refractivity contribution in [3.05, 3.63) is 35.4 Å². The first-order chi connectivity index (χ1) is 14.9. The molecule has 0 aromatic heterocycles. The van der Waals surface area contributed by atoms with Crippen molar-refractivity contribution < 1.29 is 23.9 Å². The minimum absolute atomic E-state index is 0.00431. The lowest BCUT2D eigenvalue weighted by atomic mass is 9.73. The van der Waals surface area contributed by atoms with E-state index in [-0.39, 0.29) is 36.6 Å². The van der Waals surface area contributed by atoms with Gasteiger partial charge in [0.1, 0.15) is 6.04 Å². The molecule has 2 saturated heterocycles. The lowest BCUT2D eigenvalue weighted by molar-refractivity contribution is -0.152. The number of hydrogen-bond acceptors (Lipinski definition) is 5. The van der Waals surface area contributed by atoms with Crippen molar-refractivity contribution in [1.29, 1.82) is 0 Å². The first-order valence-corrected chi connectivity index (χ1v) is 11.2. The Balaban J connectivity index is 1.70. The van der Waals surface area contributed by atoms with Gasteiger partial charge in [-0.25, -0.2) is 4.79 Å². The second-order valence-corrected chi connectivity index (χ2v) is 9.03. The number of carbonyl (C=O) groups excluding carboxylic acids is 4. The summed E-state index contributed by atoms with van der Waals surface area (Å²) in [4.78, 5) is 55.5. The van der Waals surface area contributed by atoms with Gasteiger partial charge in [-0.2, -0.15) is 0 Å². The fraction of sp³-hybridized carbons (Fsp3) is 0.583. The molecule has 1 aromatic rings. The minimum Gasteiger partial charge on any atom is -0.467 e. The number of aryl methyl sites for hydroxylation is 1. The highest BCUT2D eigenvalue weighted by atomic mass is 16.5. The highest BCUT2D eigenvalue weighted by Crippen LogP contribution is 2.44. The molecule has 0 N–H and O–H groups in total. The first kappa shape index (κ1) is 21.5. The predicted molar refractivity (Wildman–Crippen MR) is 113 cm³/mol. The van der Waals surface area contributed by atoms with Gasteiger partial charge < -0.3 is 9.64 Å². The van der Waals surface area contributed by atoms with Crippen LogP contribution in [0.4, 0.5) is 0 Å². The maximum atomic E-state index is 13.8.